The summed E-state index contributed by atoms with van der Waals surface area (Å²) in [6.45, 7) is 2.40. The first-order valence-corrected chi connectivity index (χ1v) is 12.9. The number of rotatable bonds is 4. The molecule has 3 aromatic rings. The third-order valence-electron chi connectivity index (χ3n) is 5.68. The van der Waals surface area contributed by atoms with Gasteiger partial charge in [0.2, 0.25) is 5.95 Å². The van der Waals surface area contributed by atoms with E-state index in [2.05, 4.69) is 20.0 Å². The molecule has 2 saturated heterocycles. The van der Waals surface area contributed by atoms with Gasteiger partial charge < -0.3 is 9.80 Å². The summed E-state index contributed by atoms with van der Waals surface area (Å²) in [6.07, 6.45) is 3.94. The third-order valence-corrected chi connectivity index (χ3v) is 8.33. The zero-order chi connectivity index (χ0) is 21.4. The van der Waals surface area contributed by atoms with Crippen LogP contribution in [0.5, 0.6) is 0 Å². The zero-order valence-electron chi connectivity index (χ0n) is 16.8. The number of nitrogens with zero attached hydrogens (tertiary/aromatic N) is 6. The fourth-order valence-electron chi connectivity index (χ4n) is 4.08. The summed E-state index contributed by atoms with van der Waals surface area (Å²) in [6, 6.07) is 7.24. The van der Waals surface area contributed by atoms with Crippen LogP contribution in [0.2, 0.25) is 0 Å². The highest BCUT2D eigenvalue weighted by atomic mass is 32.2. The fraction of sp³-hybridized carbons (Fsp3) is 0.400. The molecular formula is C20H22N6O3S2. The van der Waals surface area contributed by atoms with Crippen molar-refractivity contribution >= 4 is 33.0 Å². The number of sulfone groups is 1. The molecule has 2 fully saturated rings. The lowest BCUT2D eigenvalue weighted by atomic mass is 10.2. The van der Waals surface area contributed by atoms with Gasteiger partial charge in [-0.15, -0.1) is 11.3 Å². The number of thiophene rings is 1. The van der Waals surface area contributed by atoms with Crippen molar-refractivity contribution in [3.05, 3.63) is 47.7 Å². The Labute approximate surface area is 184 Å². The van der Waals surface area contributed by atoms with E-state index in [1.165, 1.54) is 0 Å². The lowest BCUT2D eigenvalue weighted by molar-refractivity contribution is 0.0739. The normalized spacial score (nSPS) is 20.8. The first-order chi connectivity index (χ1) is 15.0. The Hall–Kier alpha value is -2.79. The summed E-state index contributed by atoms with van der Waals surface area (Å²) < 4.78 is 25.8. The molecule has 0 saturated carbocycles. The van der Waals surface area contributed by atoms with Crippen molar-refractivity contribution in [2.45, 2.75) is 12.5 Å². The summed E-state index contributed by atoms with van der Waals surface area (Å²) in [5.74, 6) is 0.761. The standard InChI is InChI=1S/C20H22N6O3S2/c27-19(24-7-9-25(10-8-24)20-21-5-2-6-22-20)16-13-17(18-3-1-11-30-18)26(23-16)15-4-12-31(28,29)14-15/h1-3,5-6,11,13,15H,4,7-10,12,14H2/t15-/m1/s1. The van der Waals surface area contributed by atoms with E-state index in [1.807, 2.05) is 17.5 Å². The highest BCUT2D eigenvalue weighted by molar-refractivity contribution is 7.91. The maximum Gasteiger partial charge on any atom is 0.274 e. The number of hydrogen-bond acceptors (Lipinski definition) is 8. The first-order valence-electron chi connectivity index (χ1n) is 10.2. The van der Waals surface area contributed by atoms with Crippen molar-refractivity contribution in [3.63, 3.8) is 0 Å². The lowest BCUT2D eigenvalue weighted by Gasteiger charge is -2.34. The maximum absolute atomic E-state index is 13.2. The van der Waals surface area contributed by atoms with Gasteiger partial charge in [0.05, 0.1) is 28.1 Å². The van der Waals surface area contributed by atoms with Crippen molar-refractivity contribution in [3.8, 4) is 10.6 Å². The summed E-state index contributed by atoms with van der Waals surface area (Å²) >= 11 is 1.55. The molecule has 11 heteroatoms. The van der Waals surface area contributed by atoms with Crippen LogP contribution in [-0.4, -0.2) is 76.7 Å². The van der Waals surface area contributed by atoms with E-state index in [0.717, 1.165) is 10.6 Å². The minimum Gasteiger partial charge on any atom is -0.337 e. The van der Waals surface area contributed by atoms with Crippen LogP contribution >= 0.6 is 11.3 Å². The quantitative estimate of drug-likeness (QED) is 0.587. The zero-order valence-corrected chi connectivity index (χ0v) is 18.4. The van der Waals surface area contributed by atoms with Crippen LogP contribution in [0.25, 0.3) is 10.6 Å². The van der Waals surface area contributed by atoms with Crippen molar-refractivity contribution < 1.29 is 13.2 Å². The Morgan fingerprint density at radius 2 is 1.87 bits per heavy atom. The molecule has 162 valence electrons. The van der Waals surface area contributed by atoms with Crippen LogP contribution in [0.3, 0.4) is 0 Å². The highest BCUT2D eigenvalue weighted by Gasteiger charge is 2.33. The monoisotopic (exact) mass is 458 g/mol. The second-order valence-corrected chi connectivity index (χ2v) is 10.9. The topological polar surface area (TPSA) is 101 Å². The SMILES string of the molecule is O=C(c1cc(-c2cccs2)n([C@@H]2CCS(=O)(=O)C2)n1)N1CCN(c2ncccn2)CC1. The second-order valence-electron chi connectivity index (χ2n) is 7.72. The first kappa shape index (κ1) is 20.1. The molecule has 0 N–H and O–H groups in total. The van der Waals surface area contributed by atoms with Crippen LogP contribution in [0.1, 0.15) is 23.0 Å². The van der Waals surface area contributed by atoms with Crippen LogP contribution < -0.4 is 4.90 Å². The van der Waals surface area contributed by atoms with Gasteiger partial charge in [-0.2, -0.15) is 5.10 Å². The molecule has 0 spiro atoms. The predicted octanol–water partition coefficient (Wildman–Crippen LogP) is 1.72. The molecule has 0 radical (unpaired) electrons. The van der Waals surface area contributed by atoms with E-state index >= 15 is 0 Å². The van der Waals surface area contributed by atoms with Gasteiger partial charge in [-0.05, 0) is 30.0 Å². The van der Waals surface area contributed by atoms with Gasteiger partial charge in [0, 0.05) is 38.6 Å². The van der Waals surface area contributed by atoms with E-state index in [9.17, 15) is 13.2 Å². The van der Waals surface area contributed by atoms with Gasteiger partial charge in [0.25, 0.3) is 5.91 Å². The molecule has 2 aliphatic rings. The largest absolute Gasteiger partial charge is 0.337 e. The summed E-state index contributed by atoms with van der Waals surface area (Å²) in [5.41, 5.74) is 1.16. The number of aromatic nitrogens is 4. The molecule has 5 heterocycles. The number of carbonyl (C=O) groups is 1. The van der Waals surface area contributed by atoms with Crippen LogP contribution in [0.4, 0.5) is 5.95 Å². The van der Waals surface area contributed by atoms with Crippen molar-refractivity contribution in [1.82, 2.24) is 24.6 Å². The van der Waals surface area contributed by atoms with Crippen molar-refractivity contribution in [2.24, 2.45) is 0 Å². The Bertz CT molecular complexity index is 1170. The minimum absolute atomic E-state index is 0.0659. The molecule has 3 aromatic heterocycles. The number of piperazine rings is 1. The van der Waals surface area contributed by atoms with E-state index < -0.39 is 9.84 Å². The predicted molar refractivity (Wildman–Crippen MR) is 118 cm³/mol. The average Bonchev–Trinajstić information content (AvgIpc) is 3.53. The van der Waals surface area contributed by atoms with Crippen molar-refractivity contribution in [1.29, 1.82) is 0 Å². The van der Waals surface area contributed by atoms with Crippen molar-refractivity contribution in [2.75, 3.05) is 42.6 Å². The average molecular weight is 459 g/mol. The molecule has 5 rings (SSSR count). The van der Waals surface area contributed by atoms with Gasteiger partial charge in [0.15, 0.2) is 15.5 Å². The summed E-state index contributed by atoms with van der Waals surface area (Å²) in [5, 5.41) is 6.56. The number of carbonyl (C=O) groups excluding carboxylic acids is 1. The molecule has 31 heavy (non-hydrogen) atoms. The van der Waals surface area contributed by atoms with Gasteiger partial charge in [-0.25, -0.2) is 18.4 Å². The number of amides is 1. The Morgan fingerprint density at radius 3 is 2.52 bits per heavy atom. The Kier molecular flexibility index (Phi) is 5.22. The second kappa shape index (κ2) is 8.04. The summed E-state index contributed by atoms with van der Waals surface area (Å²) in [7, 11) is -3.06. The lowest BCUT2D eigenvalue weighted by Crippen LogP contribution is -2.49. The van der Waals surface area contributed by atoms with E-state index in [-0.39, 0.29) is 23.5 Å². The van der Waals surface area contributed by atoms with Gasteiger partial charge in [-0.1, -0.05) is 6.07 Å². The molecule has 0 aliphatic carbocycles. The Morgan fingerprint density at radius 1 is 1.10 bits per heavy atom. The van der Waals surface area contributed by atoms with Gasteiger partial charge in [-0.3, -0.25) is 9.48 Å². The highest BCUT2D eigenvalue weighted by Crippen LogP contribution is 2.32. The molecule has 1 atom stereocenters. The molecule has 1 amide bonds. The number of anilines is 1. The maximum atomic E-state index is 13.2. The van der Waals surface area contributed by atoms with Crippen LogP contribution in [0.15, 0.2) is 42.0 Å². The molecule has 0 unspecified atom stereocenters. The summed E-state index contributed by atoms with van der Waals surface area (Å²) in [4.78, 5) is 26.6. The smallest absolute Gasteiger partial charge is 0.274 e. The van der Waals surface area contributed by atoms with Gasteiger partial charge in [0.1, 0.15) is 0 Å². The molecule has 0 aromatic carbocycles. The third kappa shape index (κ3) is 4.07. The molecule has 9 nitrogen and oxygen atoms in total. The Balaban J connectivity index is 1.37. The van der Waals surface area contributed by atoms with Crippen LogP contribution in [-0.2, 0) is 9.84 Å². The molecular weight excluding hydrogens is 436 g/mol. The molecule has 2 aliphatic heterocycles. The van der Waals surface area contributed by atoms with E-state index in [4.69, 9.17) is 0 Å². The minimum atomic E-state index is -3.06. The fourth-order valence-corrected chi connectivity index (χ4v) is 6.51. The number of hydrogen-bond donors (Lipinski definition) is 0. The van der Waals surface area contributed by atoms with E-state index in [1.54, 1.807) is 45.4 Å². The molecule has 0 bridgehead atoms. The van der Waals surface area contributed by atoms with Crippen LogP contribution in [0, 0.1) is 0 Å². The van der Waals surface area contributed by atoms with Gasteiger partial charge >= 0.3 is 0 Å². The van der Waals surface area contributed by atoms with E-state index in [0.29, 0.717) is 44.2 Å².